The number of carbonyl (C=O) groups excluding carboxylic acids is 3. The monoisotopic (exact) mass is 479 g/mol. The summed E-state index contributed by atoms with van der Waals surface area (Å²) in [5, 5.41) is 3.34. The van der Waals surface area contributed by atoms with Gasteiger partial charge in [-0.15, -0.1) is 0 Å². The van der Waals surface area contributed by atoms with E-state index in [0.29, 0.717) is 21.5 Å². The highest BCUT2D eigenvalue weighted by Crippen LogP contribution is 2.26. The number of benzene rings is 2. The van der Waals surface area contributed by atoms with Gasteiger partial charge in [-0.1, -0.05) is 56.1 Å². The van der Waals surface area contributed by atoms with E-state index in [9.17, 15) is 14.4 Å². The van der Waals surface area contributed by atoms with E-state index in [2.05, 4.69) is 36.9 Å². The van der Waals surface area contributed by atoms with Gasteiger partial charge in [-0.2, -0.15) is 0 Å². The lowest BCUT2D eigenvalue weighted by Gasteiger charge is -2.20. The lowest BCUT2D eigenvalue weighted by Crippen LogP contribution is -2.47. The zero-order valence-electron chi connectivity index (χ0n) is 18.4. The predicted molar refractivity (Wildman–Crippen MR) is 126 cm³/mol. The number of hydrazine groups is 1. The lowest BCUT2D eigenvalue weighted by atomic mass is 9.87. The summed E-state index contributed by atoms with van der Waals surface area (Å²) in [7, 11) is 0. The minimum atomic E-state index is -0.828. The summed E-state index contributed by atoms with van der Waals surface area (Å²) < 4.78 is 5.61. The minimum absolute atomic E-state index is 0.0176. The van der Waals surface area contributed by atoms with Crippen molar-refractivity contribution in [3.8, 4) is 5.75 Å². The summed E-state index contributed by atoms with van der Waals surface area (Å²) in [6.45, 7) is 7.90. The van der Waals surface area contributed by atoms with E-state index in [4.69, 9.17) is 27.9 Å². The number of rotatable bonds is 7. The van der Waals surface area contributed by atoms with Crippen LogP contribution in [-0.2, 0) is 19.8 Å². The highest BCUT2D eigenvalue weighted by Gasteiger charge is 2.17. The van der Waals surface area contributed by atoms with Crippen molar-refractivity contribution in [2.45, 2.75) is 52.1 Å². The molecule has 0 radical (unpaired) electrons. The molecule has 3 N–H and O–H groups in total. The van der Waals surface area contributed by atoms with Gasteiger partial charge in [0.15, 0.2) is 6.10 Å². The van der Waals surface area contributed by atoms with Crippen molar-refractivity contribution in [3.63, 3.8) is 0 Å². The largest absolute Gasteiger partial charge is 0.481 e. The molecule has 2 aromatic carbocycles. The molecule has 2 rings (SSSR count). The van der Waals surface area contributed by atoms with Crippen LogP contribution in [0.3, 0.4) is 0 Å². The van der Waals surface area contributed by atoms with Crippen LogP contribution in [0.5, 0.6) is 5.75 Å². The van der Waals surface area contributed by atoms with Gasteiger partial charge < -0.3 is 10.1 Å². The molecule has 7 nitrogen and oxygen atoms in total. The van der Waals surface area contributed by atoms with Crippen molar-refractivity contribution in [1.82, 2.24) is 10.9 Å². The SMILES string of the molecule is CC(Oc1ccc(C(C)(C)C)cc1)C(=O)NNC(=O)CCC(=O)Nc1ccc(Cl)cc1Cl. The van der Waals surface area contributed by atoms with Crippen molar-refractivity contribution in [2.24, 2.45) is 0 Å². The maximum Gasteiger partial charge on any atom is 0.279 e. The molecule has 0 spiro atoms. The van der Waals surface area contributed by atoms with Gasteiger partial charge in [0.25, 0.3) is 5.91 Å². The first-order chi connectivity index (χ1) is 15.0. The van der Waals surface area contributed by atoms with Crippen LogP contribution in [0.25, 0.3) is 0 Å². The summed E-state index contributed by atoms with van der Waals surface area (Å²) in [4.78, 5) is 36.1. The first-order valence-electron chi connectivity index (χ1n) is 10.1. The Morgan fingerprint density at radius 3 is 2.16 bits per heavy atom. The van der Waals surface area contributed by atoms with Crippen molar-refractivity contribution in [1.29, 1.82) is 0 Å². The standard InChI is InChI=1S/C23H27Cl2N3O4/c1-14(32-17-8-5-15(6-9-17)23(2,3)4)22(31)28-27-21(30)12-11-20(29)26-19-10-7-16(24)13-18(19)25/h5-10,13-14H,11-12H2,1-4H3,(H,26,29)(H,27,30)(H,28,31). The Morgan fingerprint density at radius 1 is 0.938 bits per heavy atom. The molecule has 1 unspecified atom stereocenters. The third-order valence-electron chi connectivity index (χ3n) is 4.51. The van der Waals surface area contributed by atoms with Gasteiger partial charge in [0, 0.05) is 17.9 Å². The smallest absolute Gasteiger partial charge is 0.279 e. The summed E-state index contributed by atoms with van der Waals surface area (Å²) in [6.07, 6.45) is -1.04. The maximum absolute atomic E-state index is 12.2. The third-order valence-corrected chi connectivity index (χ3v) is 5.06. The predicted octanol–water partition coefficient (Wildman–Crippen LogP) is 4.62. The van der Waals surface area contributed by atoms with Gasteiger partial charge >= 0.3 is 0 Å². The van der Waals surface area contributed by atoms with Gasteiger partial charge in [0.1, 0.15) is 5.75 Å². The van der Waals surface area contributed by atoms with E-state index in [1.807, 2.05) is 12.1 Å². The number of hydrogen-bond donors (Lipinski definition) is 3. The van der Waals surface area contributed by atoms with Gasteiger partial charge in [-0.05, 0) is 48.2 Å². The van der Waals surface area contributed by atoms with Crippen LogP contribution in [0.2, 0.25) is 10.0 Å². The van der Waals surface area contributed by atoms with Gasteiger partial charge in [0.2, 0.25) is 11.8 Å². The molecular weight excluding hydrogens is 453 g/mol. The highest BCUT2D eigenvalue weighted by atomic mass is 35.5. The van der Waals surface area contributed by atoms with Crippen LogP contribution in [-0.4, -0.2) is 23.8 Å². The fraction of sp³-hybridized carbons (Fsp3) is 0.348. The molecule has 32 heavy (non-hydrogen) atoms. The summed E-state index contributed by atoms with van der Waals surface area (Å²) in [6, 6.07) is 12.2. The van der Waals surface area contributed by atoms with E-state index < -0.39 is 23.8 Å². The Morgan fingerprint density at radius 2 is 1.56 bits per heavy atom. The number of anilines is 1. The molecule has 9 heteroatoms. The molecule has 0 aliphatic carbocycles. The molecule has 0 saturated carbocycles. The molecule has 2 aromatic rings. The second-order valence-corrected chi connectivity index (χ2v) is 9.09. The first kappa shape index (κ1) is 25.5. The van der Waals surface area contributed by atoms with Crippen LogP contribution in [0.1, 0.15) is 46.1 Å². The van der Waals surface area contributed by atoms with Gasteiger partial charge in [0.05, 0.1) is 10.7 Å². The molecule has 0 heterocycles. The zero-order chi connectivity index (χ0) is 23.9. The molecule has 0 fully saturated rings. The third kappa shape index (κ3) is 8.05. The highest BCUT2D eigenvalue weighted by molar-refractivity contribution is 6.36. The molecule has 1 atom stereocenters. The topological polar surface area (TPSA) is 96.5 Å². The molecule has 0 aliphatic rings. The van der Waals surface area contributed by atoms with E-state index in [1.54, 1.807) is 31.2 Å². The van der Waals surface area contributed by atoms with Crippen LogP contribution in [0, 0.1) is 0 Å². The molecule has 0 saturated heterocycles. The fourth-order valence-electron chi connectivity index (χ4n) is 2.62. The maximum atomic E-state index is 12.2. The Bertz CT molecular complexity index is 972. The lowest BCUT2D eigenvalue weighted by molar-refractivity contribution is -0.133. The molecular formula is C23H27Cl2N3O4. The van der Waals surface area contributed by atoms with Crippen molar-refractivity contribution < 1.29 is 19.1 Å². The quantitative estimate of drug-likeness (QED) is 0.504. The van der Waals surface area contributed by atoms with Gasteiger partial charge in [-0.3, -0.25) is 25.2 Å². The van der Waals surface area contributed by atoms with Crippen molar-refractivity contribution in [2.75, 3.05) is 5.32 Å². The minimum Gasteiger partial charge on any atom is -0.481 e. The van der Waals surface area contributed by atoms with Crippen LogP contribution < -0.4 is 20.9 Å². The normalized spacial score (nSPS) is 11.9. The number of amides is 3. The zero-order valence-corrected chi connectivity index (χ0v) is 19.9. The second kappa shape index (κ2) is 11.2. The van der Waals surface area contributed by atoms with E-state index in [0.717, 1.165) is 5.56 Å². The van der Waals surface area contributed by atoms with E-state index >= 15 is 0 Å². The summed E-state index contributed by atoms with van der Waals surface area (Å²) in [5.41, 5.74) is 6.14. The van der Waals surface area contributed by atoms with E-state index in [-0.39, 0.29) is 18.3 Å². The number of halogens is 2. The number of nitrogens with one attached hydrogen (secondary N) is 3. The molecule has 0 bridgehead atoms. The fourth-order valence-corrected chi connectivity index (χ4v) is 3.07. The van der Waals surface area contributed by atoms with Crippen LogP contribution in [0.15, 0.2) is 42.5 Å². The number of hydrogen-bond acceptors (Lipinski definition) is 4. The number of carbonyl (C=O) groups is 3. The van der Waals surface area contributed by atoms with E-state index in [1.165, 1.54) is 6.07 Å². The molecule has 0 aromatic heterocycles. The average molecular weight is 480 g/mol. The Kier molecular flexibility index (Phi) is 8.92. The summed E-state index contributed by atoms with van der Waals surface area (Å²) >= 11 is 11.8. The van der Waals surface area contributed by atoms with Gasteiger partial charge in [-0.25, -0.2) is 0 Å². The molecule has 172 valence electrons. The Balaban J connectivity index is 1.73. The number of ether oxygens (including phenoxy) is 1. The van der Waals surface area contributed by atoms with Crippen LogP contribution in [0.4, 0.5) is 5.69 Å². The van der Waals surface area contributed by atoms with Crippen molar-refractivity contribution in [3.05, 3.63) is 58.1 Å². The molecule has 0 aliphatic heterocycles. The summed E-state index contributed by atoms with van der Waals surface area (Å²) in [5.74, 6) is -0.885. The van der Waals surface area contributed by atoms with Crippen molar-refractivity contribution >= 4 is 46.6 Å². The second-order valence-electron chi connectivity index (χ2n) is 8.24. The molecule has 3 amide bonds. The first-order valence-corrected chi connectivity index (χ1v) is 10.8. The van der Waals surface area contributed by atoms with Crippen LogP contribution >= 0.6 is 23.2 Å². The Labute approximate surface area is 197 Å². The Hall–Kier alpha value is -2.77. The average Bonchev–Trinajstić information content (AvgIpc) is 2.72.